The number of amides is 2. The Labute approximate surface area is 206 Å². The number of carbonyl (C=O) groups excluding carboxylic acids is 3. The average Bonchev–Trinajstić information content (AvgIpc) is 3.05. The number of rotatable bonds is 7. The number of hydrogen-bond donors (Lipinski definition) is 1. The molecule has 2 amide bonds. The molecule has 178 valence electrons. The first-order chi connectivity index (χ1) is 16.7. The number of imide groups is 1. The minimum atomic E-state index is -0.550. The van der Waals surface area contributed by atoms with Gasteiger partial charge in [-0.2, -0.15) is 0 Å². The number of anilines is 2. The summed E-state index contributed by atoms with van der Waals surface area (Å²) in [5.41, 5.74) is 2.26. The van der Waals surface area contributed by atoms with E-state index >= 15 is 0 Å². The van der Waals surface area contributed by atoms with Gasteiger partial charge in [0.15, 0.2) is 0 Å². The van der Waals surface area contributed by atoms with Crippen LogP contribution in [0.1, 0.15) is 29.8 Å². The summed E-state index contributed by atoms with van der Waals surface area (Å²) in [4.78, 5) is 41.1. The molecule has 6 nitrogen and oxygen atoms in total. The zero-order chi connectivity index (χ0) is 25.1. The number of ether oxygens (including phenoxy) is 1. The molecule has 0 radical (unpaired) electrons. The van der Waals surface area contributed by atoms with Crippen LogP contribution in [-0.4, -0.2) is 23.9 Å². The van der Waals surface area contributed by atoms with E-state index in [1.54, 1.807) is 13.8 Å². The number of halogens is 1. The largest absolute Gasteiger partial charge is 0.459 e. The standard InChI is InChI=1S/C27H23FN2O4S/c1-16(2)34-27(33)18-6-12-21(13-7-18)30-25(31)23(29-20-10-8-19(28)9-11-20)24(26(30)32)35-22-14-4-17(3)5-15-22/h4-16,29H,1-3H3. The van der Waals surface area contributed by atoms with Gasteiger partial charge in [-0.25, -0.2) is 14.1 Å². The first-order valence-corrected chi connectivity index (χ1v) is 11.8. The maximum absolute atomic E-state index is 13.4. The highest BCUT2D eigenvalue weighted by atomic mass is 32.2. The van der Waals surface area contributed by atoms with Gasteiger partial charge in [-0.1, -0.05) is 29.5 Å². The Balaban J connectivity index is 1.66. The normalized spacial score (nSPS) is 13.6. The number of nitrogens with zero attached hydrogens (tertiary/aromatic N) is 1. The van der Waals surface area contributed by atoms with Crippen LogP contribution in [0, 0.1) is 12.7 Å². The highest BCUT2D eigenvalue weighted by Crippen LogP contribution is 2.38. The first kappa shape index (κ1) is 24.2. The molecule has 0 unspecified atom stereocenters. The van der Waals surface area contributed by atoms with Crippen molar-refractivity contribution >= 4 is 40.9 Å². The Bertz CT molecular complexity index is 1230. The highest BCUT2D eigenvalue weighted by Gasteiger charge is 2.40. The van der Waals surface area contributed by atoms with Crippen molar-refractivity contribution in [1.82, 2.24) is 0 Å². The molecule has 0 atom stereocenters. The van der Waals surface area contributed by atoms with Crippen LogP contribution >= 0.6 is 11.8 Å². The monoisotopic (exact) mass is 490 g/mol. The van der Waals surface area contributed by atoms with Gasteiger partial charge in [0.05, 0.1) is 17.4 Å². The molecule has 1 aliphatic heterocycles. The smallest absolute Gasteiger partial charge is 0.338 e. The molecule has 4 rings (SSSR count). The zero-order valence-corrected chi connectivity index (χ0v) is 20.2. The van der Waals surface area contributed by atoms with Crippen molar-refractivity contribution in [2.24, 2.45) is 0 Å². The quantitative estimate of drug-likeness (QED) is 0.339. The minimum Gasteiger partial charge on any atom is -0.459 e. The molecule has 1 N–H and O–H groups in total. The van der Waals surface area contributed by atoms with Crippen LogP contribution in [0.3, 0.4) is 0 Å². The molecule has 1 aliphatic rings. The molecule has 35 heavy (non-hydrogen) atoms. The molecule has 0 bridgehead atoms. The summed E-state index contributed by atoms with van der Waals surface area (Å²) in [6.07, 6.45) is -0.269. The third-order valence-corrected chi connectivity index (χ3v) is 6.19. The lowest BCUT2D eigenvalue weighted by Crippen LogP contribution is -2.32. The van der Waals surface area contributed by atoms with E-state index in [2.05, 4.69) is 5.32 Å². The van der Waals surface area contributed by atoms with Crippen LogP contribution in [-0.2, 0) is 14.3 Å². The minimum absolute atomic E-state index is 0.0930. The van der Waals surface area contributed by atoms with E-state index in [4.69, 9.17) is 4.74 Å². The summed E-state index contributed by atoms with van der Waals surface area (Å²) in [6.45, 7) is 5.46. The van der Waals surface area contributed by atoms with E-state index < -0.39 is 23.6 Å². The molecule has 8 heteroatoms. The van der Waals surface area contributed by atoms with Crippen molar-refractivity contribution in [3.63, 3.8) is 0 Å². The molecule has 3 aromatic rings. The molecule has 0 aliphatic carbocycles. The van der Waals surface area contributed by atoms with Crippen LogP contribution in [0.15, 0.2) is 88.3 Å². The number of carbonyl (C=O) groups is 3. The van der Waals surface area contributed by atoms with Gasteiger partial charge in [0, 0.05) is 10.6 Å². The third-order valence-electron chi connectivity index (χ3n) is 5.10. The van der Waals surface area contributed by atoms with Crippen LogP contribution in [0.4, 0.5) is 15.8 Å². The van der Waals surface area contributed by atoms with Gasteiger partial charge in [0.1, 0.15) is 16.4 Å². The fraction of sp³-hybridized carbons (Fsp3) is 0.148. The van der Waals surface area contributed by atoms with Crippen molar-refractivity contribution < 1.29 is 23.5 Å². The van der Waals surface area contributed by atoms with Gasteiger partial charge in [0.2, 0.25) is 0 Å². The second-order valence-electron chi connectivity index (χ2n) is 8.20. The molecule has 3 aromatic carbocycles. The van der Waals surface area contributed by atoms with E-state index in [1.165, 1.54) is 60.3 Å². The number of nitrogens with one attached hydrogen (secondary N) is 1. The molecule has 0 spiro atoms. The van der Waals surface area contributed by atoms with Gasteiger partial charge < -0.3 is 10.1 Å². The van der Waals surface area contributed by atoms with E-state index in [1.807, 2.05) is 31.2 Å². The average molecular weight is 491 g/mol. The van der Waals surface area contributed by atoms with Gasteiger partial charge in [-0.15, -0.1) is 0 Å². The van der Waals surface area contributed by atoms with Gasteiger partial charge >= 0.3 is 5.97 Å². The first-order valence-electron chi connectivity index (χ1n) is 10.9. The third kappa shape index (κ3) is 5.44. The lowest BCUT2D eigenvalue weighted by molar-refractivity contribution is -0.120. The summed E-state index contributed by atoms with van der Waals surface area (Å²) in [5.74, 6) is -1.95. The maximum atomic E-state index is 13.4. The Hall–Kier alpha value is -3.91. The van der Waals surface area contributed by atoms with Crippen LogP contribution in [0.2, 0.25) is 0 Å². The second kappa shape index (κ2) is 10.1. The Morgan fingerprint density at radius 1 is 0.914 bits per heavy atom. The van der Waals surface area contributed by atoms with Gasteiger partial charge in [-0.3, -0.25) is 9.59 Å². The Morgan fingerprint density at radius 2 is 1.54 bits per heavy atom. The molecule has 0 saturated carbocycles. The molecule has 0 saturated heterocycles. The van der Waals surface area contributed by atoms with Gasteiger partial charge in [-0.05, 0) is 81.4 Å². The zero-order valence-electron chi connectivity index (χ0n) is 19.4. The Kier molecular flexibility index (Phi) is 7.02. The lowest BCUT2D eigenvalue weighted by atomic mass is 10.2. The number of thioether (sulfide) groups is 1. The summed E-state index contributed by atoms with van der Waals surface area (Å²) in [6, 6.07) is 19.2. The predicted molar refractivity (Wildman–Crippen MR) is 134 cm³/mol. The summed E-state index contributed by atoms with van der Waals surface area (Å²) < 4.78 is 18.6. The maximum Gasteiger partial charge on any atom is 0.338 e. The summed E-state index contributed by atoms with van der Waals surface area (Å²) >= 11 is 1.17. The van der Waals surface area contributed by atoms with E-state index in [9.17, 15) is 18.8 Å². The highest BCUT2D eigenvalue weighted by molar-refractivity contribution is 8.04. The number of esters is 1. The molecule has 0 aromatic heterocycles. The van der Waals surface area contributed by atoms with Crippen LogP contribution in [0.5, 0.6) is 0 Å². The van der Waals surface area contributed by atoms with Crippen molar-refractivity contribution in [2.75, 3.05) is 10.2 Å². The van der Waals surface area contributed by atoms with Crippen LogP contribution in [0.25, 0.3) is 0 Å². The molecular weight excluding hydrogens is 467 g/mol. The fourth-order valence-electron chi connectivity index (χ4n) is 3.38. The van der Waals surface area contributed by atoms with E-state index in [0.29, 0.717) is 16.9 Å². The second-order valence-corrected chi connectivity index (χ2v) is 9.28. The summed E-state index contributed by atoms with van der Waals surface area (Å²) in [7, 11) is 0. The molecule has 0 fully saturated rings. The topological polar surface area (TPSA) is 75.7 Å². The number of hydrogen-bond acceptors (Lipinski definition) is 6. The van der Waals surface area contributed by atoms with E-state index in [-0.39, 0.29) is 16.7 Å². The van der Waals surface area contributed by atoms with Crippen LogP contribution < -0.4 is 10.2 Å². The van der Waals surface area contributed by atoms with Crippen molar-refractivity contribution in [3.05, 3.63) is 100 Å². The van der Waals surface area contributed by atoms with Crippen molar-refractivity contribution in [3.8, 4) is 0 Å². The fourth-order valence-corrected chi connectivity index (χ4v) is 4.31. The van der Waals surface area contributed by atoms with Crippen molar-refractivity contribution in [1.29, 1.82) is 0 Å². The van der Waals surface area contributed by atoms with Crippen molar-refractivity contribution in [2.45, 2.75) is 31.8 Å². The van der Waals surface area contributed by atoms with E-state index in [0.717, 1.165) is 15.4 Å². The predicted octanol–water partition coefficient (Wildman–Crippen LogP) is 5.69. The van der Waals surface area contributed by atoms with Gasteiger partial charge in [0.25, 0.3) is 11.8 Å². The number of aryl methyl sites for hydroxylation is 1. The number of benzene rings is 3. The SMILES string of the molecule is Cc1ccc(SC2=C(Nc3ccc(F)cc3)C(=O)N(c3ccc(C(=O)OC(C)C)cc3)C2=O)cc1. The molecular formula is C27H23FN2O4S. The Morgan fingerprint density at radius 3 is 2.14 bits per heavy atom. The molecule has 1 heterocycles. The lowest BCUT2D eigenvalue weighted by Gasteiger charge is -2.16. The summed E-state index contributed by atoms with van der Waals surface area (Å²) in [5, 5.41) is 2.99.